The van der Waals surface area contributed by atoms with Crippen LogP contribution in [0.15, 0.2) is 0 Å². The van der Waals surface area contributed by atoms with E-state index < -0.39 is 0 Å². The van der Waals surface area contributed by atoms with Gasteiger partial charge < -0.3 is 59.9 Å². The summed E-state index contributed by atoms with van der Waals surface area (Å²) in [5.41, 5.74) is 0. The minimum Gasteiger partial charge on any atom is -0.412 e. The van der Waals surface area contributed by atoms with Gasteiger partial charge in [0.1, 0.15) is 0 Å². The Labute approximate surface area is 158 Å². The van der Waals surface area contributed by atoms with Gasteiger partial charge in [-0.05, 0) is 13.3 Å². The first-order valence-electron chi connectivity index (χ1n) is 3.98. The molecule has 0 unspecified atom stereocenters. The van der Waals surface area contributed by atoms with Crippen molar-refractivity contribution in [2.45, 2.75) is 13.3 Å². The van der Waals surface area contributed by atoms with Crippen molar-refractivity contribution >= 4 is 58.3 Å². The first kappa shape index (κ1) is 22.4. The van der Waals surface area contributed by atoms with Crippen LogP contribution in [-0.4, -0.2) is 33.2 Å². The van der Waals surface area contributed by atoms with Crippen LogP contribution in [0, 0.1) is 0 Å². The quantitative estimate of drug-likeness (QED) is 0.235. The second kappa shape index (κ2) is 14.3. The monoisotopic (exact) mass is 298 g/mol. The van der Waals surface area contributed by atoms with Gasteiger partial charge in [-0.25, -0.2) is 0 Å². The summed E-state index contributed by atoms with van der Waals surface area (Å²) >= 11 is 19.2. The molecule has 0 atom stereocenters. The van der Waals surface area contributed by atoms with E-state index in [0.29, 0.717) is 8.64 Å². The smallest absolute Gasteiger partial charge is 0.412 e. The van der Waals surface area contributed by atoms with E-state index in [9.17, 15) is 0 Å². The molecule has 15 heavy (non-hydrogen) atoms. The summed E-state index contributed by atoms with van der Waals surface area (Å²) in [5.74, 6) is 0. The Balaban J connectivity index is -0.000000720. The molecule has 0 spiro atoms. The minimum atomic E-state index is 0. The van der Waals surface area contributed by atoms with Crippen molar-refractivity contribution in [3.8, 4) is 0 Å². The van der Waals surface area contributed by atoms with E-state index in [4.69, 9.17) is 49.7 Å². The van der Waals surface area contributed by atoms with Gasteiger partial charge in [0.25, 0.3) is 0 Å². The third-order valence-corrected chi connectivity index (χ3v) is 2.32. The van der Waals surface area contributed by atoms with Crippen LogP contribution >= 0.6 is 24.4 Å². The fraction of sp³-hybridized carbons (Fsp3) is 0.714. The van der Waals surface area contributed by atoms with E-state index >= 15 is 0 Å². The summed E-state index contributed by atoms with van der Waals surface area (Å²) in [6, 6.07) is 0. The number of nitrogens with one attached hydrogen (secondary N) is 1. The van der Waals surface area contributed by atoms with Gasteiger partial charge in [0.15, 0.2) is 0 Å². The van der Waals surface area contributed by atoms with Crippen molar-refractivity contribution in [1.29, 1.82) is 0 Å². The zero-order chi connectivity index (χ0) is 10.3. The van der Waals surface area contributed by atoms with Gasteiger partial charge in [0.2, 0.25) is 0 Å². The van der Waals surface area contributed by atoms with Gasteiger partial charge in [-0.1, -0.05) is 8.64 Å². The maximum absolute atomic E-state index is 4.89. The molecule has 8 heteroatoms. The first-order chi connectivity index (χ1) is 6.07. The fourth-order valence-electron chi connectivity index (χ4n) is 0.839. The topological polar surface area (TPSA) is 15.3 Å². The molecule has 0 aromatic heterocycles. The van der Waals surface area contributed by atoms with Crippen molar-refractivity contribution in [1.82, 2.24) is 10.2 Å². The Morgan fingerprint density at radius 1 is 1.27 bits per heavy atom. The van der Waals surface area contributed by atoms with Crippen molar-refractivity contribution in [3.05, 3.63) is 0 Å². The summed E-state index contributed by atoms with van der Waals surface area (Å²) in [4.78, 5) is 1.97. The van der Waals surface area contributed by atoms with Crippen molar-refractivity contribution in [2.24, 2.45) is 0 Å². The number of nitrogens with zero attached hydrogens (tertiary/aromatic N) is 1. The molecule has 0 saturated carbocycles. The zero-order valence-corrected chi connectivity index (χ0v) is 16.7. The summed E-state index contributed by atoms with van der Waals surface area (Å²) in [6.07, 6.45) is 0.946. The number of thiocarbonyl (C=S) groups is 2. The maximum Gasteiger partial charge on any atom is 1.00 e. The summed E-state index contributed by atoms with van der Waals surface area (Å²) in [5, 5.41) is 2.91. The van der Waals surface area contributed by atoms with E-state index in [1.54, 1.807) is 0 Å². The molecular formula is C7H12N2Na2S4. The van der Waals surface area contributed by atoms with Crippen LogP contribution in [0.4, 0.5) is 0 Å². The summed E-state index contributed by atoms with van der Waals surface area (Å²) < 4.78 is 0.951. The molecular weight excluding hydrogens is 286 g/mol. The Bertz CT molecular complexity index is 192. The van der Waals surface area contributed by atoms with E-state index in [1.165, 1.54) is 0 Å². The van der Waals surface area contributed by atoms with Gasteiger partial charge in [0, 0.05) is 19.6 Å². The Morgan fingerprint density at radius 3 is 2.13 bits per heavy atom. The number of hydrogen-bond donors (Lipinski definition) is 1. The van der Waals surface area contributed by atoms with Gasteiger partial charge in [-0.15, -0.1) is 0 Å². The van der Waals surface area contributed by atoms with Crippen LogP contribution < -0.4 is 64.4 Å². The van der Waals surface area contributed by atoms with Crippen LogP contribution in [0.5, 0.6) is 0 Å². The average Bonchev–Trinajstić information content (AvgIpc) is 2.03. The predicted molar refractivity (Wildman–Crippen MR) is 69.8 cm³/mol. The standard InChI is InChI=1S/C7H14N2S4.2Na/c1-2-9(7(12)13)5-3-4-8-6(10)11;;/h2-5H2,1H3,(H,12,13)(H2,8,10,11);;/q;2*+1/p-2. The molecule has 2 nitrogen and oxygen atoms in total. The second-order valence-corrected chi connectivity index (χ2v) is 4.52. The number of rotatable bonds is 5. The van der Waals surface area contributed by atoms with Crippen LogP contribution in [0.1, 0.15) is 13.3 Å². The Kier molecular flexibility index (Phi) is 21.3. The third-order valence-electron chi connectivity index (χ3n) is 1.51. The molecule has 0 saturated heterocycles. The molecule has 0 heterocycles. The van der Waals surface area contributed by atoms with Gasteiger partial charge in [-0.2, -0.15) is 0 Å². The Hall–Kier alpha value is 2.22. The third kappa shape index (κ3) is 14.2. The second-order valence-electron chi connectivity index (χ2n) is 2.41. The van der Waals surface area contributed by atoms with Gasteiger partial charge >= 0.3 is 59.1 Å². The normalized spacial score (nSPS) is 8.07. The summed E-state index contributed by atoms with van der Waals surface area (Å²) in [7, 11) is 0. The van der Waals surface area contributed by atoms with E-state index in [2.05, 4.69) is 5.32 Å². The van der Waals surface area contributed by atoms with Gasteiger partial charge in [0.05, 0.1) is 0 Å². The molecule has 0 aromatic rings. The average molecular weight is 298 g/mol. The molecule has 0 aromatic carbocycles. The van der Waals surface area contributed by atoms with Crippen molar-refractivity contribution in [2.75, 3.05) is 19.6 Å². The van der Waals surface area contributed by atoms with E-state index in [0.717, 1.165) is 26.1 Å². The Morgan fingerprint density at radius 2 is 1.80 bits per heavy atom. The molecule has 0 bridgehead atoms. The summed E-state index contributed by atoms with van der Waals surface area (Å²) in [6.45, 7) is 4.55. The predicted octanol–water partition coefficient (Wildman–Crippen LogP) is -5.04. The molecule has 0 rings (SSSR count). The van der Waals surface area contributed by atoms with Crippen molar-refractivity contribution < 1.29 is 59.1 Å². The molecule has 0 aliphatic heterocycles. The SMILES string of the molecule is CCN(CCCNC(=S)[S-])C(=S)[S-].[Na+].[Na+]. The van der Waals surface area contributed by atoms with Crippen LogP contribution in [-0.2, 0) is 25.3 Å². The zero-order valence-electron chi connectivity index (χ0n) is 9.41. The number of hydrogen-bond acceptors (Lipinski definition) is 4. The molecule has 0 fully saturated rings. The van der Waals surface area contributed by atoms with E-state index in [1.807, 2.05) is 11.8 Å². The van der Waals surface area contributed by atoms with Crippen LogP contribution in [0.2, 0.25) is 0 Å². The molecule has 0 aliphatic carbocycles. The first-order valence-corrected chi connectivity index (χ1v) is 5.62. The fourth-order valence-corrected chi connectivity index (χ4v) is 1.48. The van der Waals surface area contributed by atoms with Crippen LogP contribution in [0.25, 0.3) is 0 Å². The van der Waals surface area contributed by atoms with Crippen LogP contribution in [0.3, 0.4) is 0 Å². The van der Waals surface area contributed by atoms with Gasteiger partial charge in [-0.3, -0.25) is 0 Å². The largest absolute Gasteiger partial charge is 1.00 e. The maximum atomic E-state index is 4.89. The van der Waals surface area contributed by atoms with Crippen molar-refractivity contribution in [3.63, 3.8) is 0 Å². The molecule has 76 valence electrons. The molecule has 1 N–H and O–H groups in total. The minimum absolute atomic E-state index is 0. The molecule has 0 radical (unpaired) electrons. The molecule has 0 aliphatic rings. The molecule has 0 amide bonds. The van der Waals surface area contributed by atoms with E-state index in [-0.39, 0.29) is 59.1 Å².